The van der Waals surface area contributed by atoms with Gasteiger partial charge in [0.2, 0.25) is 11.8 Å². The third kappa shape index (κ3) is 4.82. The Hall–Kier alpha value is -1.88. The number of amides is 2. The molecule has 136 valence electrons. The van der Waals surface area contributed by atoms with Crippen LogP contribution in [-0.2, 0) is 22.6 Å². The molecule has 2 fully saturated rings. The molecule has 5 nitrogen and oxygen atoms in total. The standard InChI is InChI=1S/C20H28N2O3/c23-15-18-6-4-5-16(12-18)11-17-8-10-22(13-17)20(25)14-21-9-3-1-2-7-19(21)24/h4-6,12,17,23H,1-3,7-11,13-15H2/t17-/m0/s1. The van der Waals surface area contributed by atoms with E-state index in [1.54, 1.807) is 4.90 Å². The van der Waals surface area contributed by atoms with Crippen LogP contribution in [0, 0.1) is 5.92 Å². The zero-order valence-electron chi connectivity index (χ0n) is 14.8. The summed E-state index contributed by atoms with van der Waals surface area (Å²) in [5.41, 5.74) is 2.15. The van der Waals surface area contributed by atoms with Crippen LogP contribution in [0.2, 0.25) is 0 Å². The summed E-state index contributed by atoms with van der Waals surface area (Å²) in [5.74, 6) is 0.669. The lowest BCUT2D eigenvalue weighted by atomic mass is 9.97. The summed E-state index contributed by atoms with van der Waals surface area (Å²) in [4.78, 5) is 28.3. The molecule has 2 heterocycles. The lowest BCUT2D eigenvalue weighted by Crippen LogP contribution is -2.42. The van der Waals surface area contributed by atoms with Gasteiger partial charge in [0.15, 0.2) is 0 Å². The number of aliphatic hydroxyl groups is 1. The van der Waals surface area contributed by atoms with Crippen molar-refractivity contribution in [1.29, 1.82) is 0 Å². The maximum Gasteiger partial charge on any atom is 0.242 e. The van der Waals surface area contributed by atoms with Crippen LogP contribution in [0.5, 0.6) is 0 Å². The predicted molar refractivity (Wildman–Crippen MR) is 95.8 cm³/mol. The van der Waals surface area contributed by atoms with Crippen molar-refractivity contribution >= 4 is 11.8 Å². The minimum absolute atomic E-state index is 0.0625. The highest BCUT2D eigenvalue weighted by Gasteiger charge is 2.28. The van der Waals surface area contributed by atoms with E-state index >= 15 is 0 Å². The molecule has 0 saturated carbocycles. The van der Waals surface area contributed by atoms with Crippen molar-refractivity contribution in [1.82, 2.24) is 9.80 Å². The first kappa shape index (κ1) is 17.9. The smallest absolute Gasteiger partial charge is 0.242 e. The van der Waals surface area contributed by atoms with E-state index in [1.165, 1.54) is 5.56 Å². The third-order valence-corrected chi connectivity index (χ3v) is 5.33. The monoisotopic (exact) mass is 344 g/mol. The number of aliphatic hydroxyl groups excluding tert-OH is 1. The van der Waals surface area contributed by atoms with Gasteiger partial charge in [-0.1, -0.05) is 30.7 Å². The van der Waals surface area contributed by atoms with E-state index in [2.05, 4.69) is 6.07 Å². The van der Waals surface area contributed by atoms with Crippen molar-refractivity contribution < 1.29 is 14.7 Å². The number of carbonyl (C=O) groups excluding carboxylic acids is 2. The van der Waals surface area contributed by atoms with Gasteiger partial charge in [0.05, 0.1) is 13.2 Å². The average Bonchev–Trinajstić information content (AvgIpc) is 2.99. The quantitative estimate of drug-likeness (QED) is 0.888. The van der Waals surface area contributed by atoms with Crippen LogP contribution in [-0.4, -0.2) is 52.9 Å². The Balaban J connectivity index is 1.51. The first-order valence-electron chi connectivity index (χ1n) is 9.40. The number of carbonyl (C=O) groups is 2. The SMILES string of the molecule is O=C1CCCCCN1CC(=O)N1CC[C@@H](Cc2cccc(CO)c2)C1. The van der Waals surface area contributed by atoms with Gasteiger partial charge in [0, 0.05) is 26.1 Å². The van der Waals surface area contributed by atoms with Gasteiger partial charge < -0.3 is 14.9 Å². The van der Waals surface area contributed by atoms with Crippen molar-refractivity contribution in [2.24, 2.45) is 5.92 Å². The molecule has 0 aliphatic carbocycles. The topological polar surface area (TPSA) is 60.9 Å². The predicted octanol–water partition coefficient (Wildman–Crippen LogP) is 1.97. The molecule has 0 radical (unpaired) electrons. The van der Waals surface area contributed by atoms with Gasteiger partial charge in [0.1, 0.15) is 0 Å². The molecule has 2 saturated heterocycles. The number of nitrogens with zero attached hydrogens (tertiary/aromatic N) is 2. The van der Waals surface area contributed by atoms with Crippen LogP contribution in [0.25, 0.3) is 0 Å². The number of benzene rings is 1. The first-order chi connectivity index (χ1) is 12.2. The first-order valence-corrected chi connectivity index (χ1v) is 9.40. The fraction of sp³-hybridized carbons (Fsp3) is 0.600. The molecule has 1 N–H and O–H groups in total. The molecule has 0 spiro atoms. The fourth-order valence-corrected chi connectivity index (χ4v) is 3.88. The van der Waals surface area contributed by atoms with E-state index in [4.69, 9.17) is 0 Å². The summed E-state index contributed by atoms with van der Waals surface area (Å²) in [5, 5.41) is 9.25. The second-order valence-corrected chi connectivity index (χ2v) is 7.30. The van der Waals surface area contributed by atoms with Crippen LogP contribution >= 0.6 is 0 Å². The highest BCUT2D eigenvalue weighted by atomic mass is 16.3. The molecule has 25 heavy (non-hydrogen) atoms. The lowest BCUT2D eigenvalue weighted by molar-refractivity contribution is -0.139. The summed E-state index contributed by atoms with van der Waals surface area (Å²) in [6.07, 6.45) is 5.54. The third-order valence-electron chi connectivity index (χ3n) is 5.33. The minimum atomic E-state index is 0.0625. The Morgan fingerprint density at radius 3 is 2.84 bits per heavy atom. The molecule has 1 aromatic carbocycles. The second kappa shape index (κ2) is 8.48. The van der Waals surface area contributed by atoms with Gasteiger partial charge >= 0.3 is 0 Å². The van der Waals surface area contributed by atoms with Gasteiger partial charge in [0.25, 0.3) is 0 Å². The molecule has 0 bridgehead atoms. The van der Waals surface area contributed by atoms with E-state index < -0.39 is 0 Å². The van der Waals surface area contributed by atoms with Gasteiger partial charge in [-0.2, -0.15) is 0 Å². The normalized spacial score (nSPS) is 21.5. The molecule has 5 heteroatoms. The summed E-state index contributed by atoms with van der Waals surface area (Å²) in [6, 6.07) is 8.02. The highest BCUT2D eigenvalue weighted by Crippen LogP contribution is 2.22. The fourth-order valence-electron chi connectivity index (χ4n) is 3.88. The van der Waals surface area contributed by atoms with E-state index in [9.17, 15) is 14.7 Å². The Labute approximate surface area is 149 Å². The Kier molecular flexibility index (Phi) is 6.08. The van der Waals surface area contributed by atoms with Gasteiger partial charge in [-0.15, -0.1) is 0 Å². The van der Waals surface area contributed by atoms with Crippen LogP contribution < -0.4 is 0 Å². The van der Waals surface area contributed by atoms with Crippen molar-refractivity contribution in [2.45, 2.75) is 45.1 Å². The molecule has 0 unspecified atom stereocenters. The van der Waals surface area contributed by atoms with Crippen molar-refractivity contribution in [3.8, 4) is 0 Å². The van der Waals surface area contributed by atoms with Crippen LogP contribution in [0.15, 0.2) is 24.3 Å². The number of hydrogen-bond acceptors (Lipinski definition) is 3. The molecule has 1 aromatic rings. The number of likely N-dealkylation sites (tertiary alicyclic amines) is 2. The summed E-state index contributed by atoms with van der Waals surface area (Å²) in [6.45, 7) is 2.57. The van der Waals surface area contributed by atoms with E-state index in [-0.39, 0.29) is 25.0 Å². The number of rotatable bonds is 5. The van der Waals surface area contributed by atoms with Gasteiger partial charge in [-0.3, -0.25) is 9.59 Å². The van der Waals surface area contributed by atoms with Gasteiger partial charge in [-0.05, 0) is 42.7 Å². The molecular formula is C20H28N2O3. The molecule has 3 rings (SSSR count). The molecule has 2 aliphatic rings. The van der Waals surface area contributed by atoms with Crippen LogP contribution in [0.3, 0.4) is 0 Å². The van der Waals surface area contributed by atoms with Crippen LogP contribution in [0.1, 0.15) is 43.2 Å². The molecular weight excluding hydrogens is 316 g/mol. The van der Waals surface area contributed by atoms with Crippen molar-refractivity contribution in [3.05, 3.63) is 35.4 Å². The summed E-state index contributed by atoms with van der Waals surface area (Å²) in [7, 11) is 0. The van der Waals surface area contributed by atoms with E-state index in [1.807, 2.05) is 23.1 Å². The molecule has 2 aliphatic heterocycles. The summed E-state index contributed by atoms with van der Waals surface area (Å²) < 4.78 is 0. The Morgan fingerprint density at radius 2 is 2.00 bits per heavy atom. The van der Waals surface area contributed by atoms with E-state index in [0.717, 1.165) is 57.3 Å². The minimum Gasteiger partial charge on any atom is -0.392 e. The zero-order chi connectivity index (χ0) is 17.6. The zero-order valence-corrected chi connectivity index (χ0v) is 14.8. The highest BCUT2D eigenvalue weighted by molar-refractivity contribution is 5.85. The van der Waals surface area contributed by atoms with Crippen LogP contribution in [0.4, 0.5) is 0 Å². The Bertz CT molecular complexity index is 617. The lowest BCUT2D eigenvalue weighted by Gasteiger charge is -2.24. The van der Waals surface area contributed by atoms with Gasteiger partial charge in [-0.25, -0.2) is 0 Å². The molecule has 1 atom stereocenters. The largest absolute Gasteiger partial charge is 0.392 e. The Morgan fingerprint density at radius 1 is 1.16 bits per heavy atom. The number of hydrogen-bond donors (Lipinski definition) is 1. The van der Waals surface area contributed by atoms with Crippen molar-refractivity contribution in [2.75, 3.05) is 26.2 Å². The molecule has 0 aromatic heterocycles. The van der Waals surface area contributed by atoms with E-state index in [0.29, 0.717) is 12.3 Å². The average molecular weight is 344 g/mol. The maximum atomic E-state index is 12.6. The maximum absolute atomic E-state index is 12.6. The molecule has 2 amide bonds. The van der Waals surface area contributed by atoms with Crippen molar-refractivity contribution in [3.63, 3.8) is 0 Å². The second-order valence-electron chi connectivity index (χ2n) is 7.30. The summed E-state index contributed by atoms with van der Waals surface area (Å²) >= 11 is 0.